The molecule has 5 nitrogen and oxygen atoms in total. The van der Waals surface area contributed by atoms with Gasteiger partial charge in [0.1, 0.15) is 5.52 Å². The molecule has 1 aliphatic heterocycles. The van der Waals surface area contributed by atoms with E-state index in [2.05, 4.69) is 52.6 Å². The predicted molar refractivity (Wildman–Crippen MR) is 90.6 cm³/mol. The first kappa shape index (κ1) is 14.2. The molecule has 23 heavy (non-hydrogen) atoms. The van der Waals surface area contributed by atoms with Crippen molar-refractivity contribution in [2.45, 2.75) is 12.5 Å². The van der Waals surface area contributed by atoms with Crippen LogP contribution in [0.3, 0.4) is 0 Å². The first-order chi connectivity index (χ1) is 11.3. The van der Waals surface area contributed by atoms with Crippen molar-refractivity contribution in [2.24, 2.45) is 5.92 Å². The van der Waals surface area contributed by atoms with Gasteiger partial charge < -0.3 is 10.0 Å². The van der Waals surface area contributed by atoms with Gasteiger partial charge in [0.05, 0.1) is 11.6 Å². The number of nitrogens with zero attached hydrogens (tertiary/aromatic N) is 4. The maximum Gasteiger partial charge on any atom is 0.113 e. The van der Waals surface area contributed by atoms with Crippen LogP contribution in [0.5, 0.6) is 0 Å². The summed E-state index contributed by atoms with van der Waals surface area (Å²) in [5.41, 5.74) is 4.42. The number of aromatic nitrogens is 3. The molecule has 0 aliphatic carbocycles. The topological polar surface area (TPSA) is 54.2 Å². The van der Waals surface area contributed by atoms with Gasteiger partial charge in [0.15, 0.2) is 0 Å². The lowest BCUT2D eigenvalue weighted by Crippen LogP contribution is -2.38. The molecule has 5 heteroatoms. The minimum Gasteiger partial charge on any atom is -0.396 e. The van der Waals surface area contributed by atoms with E-state index < -0.39 is 0 Å². The highest BCUT2D eigenvalue weighted by Crippen LogP contribution is 2.40. The molecule has 0 saturated heterocycles. The van der Waals surface area contributed by atoms with Gasteiger partial charge >= 0.3 is 0 Å². The lowest BCUT2D eigenvalue weighted by atomic mass is 9.85. The smallest absolute Gasteiger partial charge is 0.113 e. The van der Waals surface area contributed by atoms with Crippen LogP contribution in [0.15, 0.2) is 48.5 Å². The van der Waals surface area contributed by atoms with E-state index in [-0.39, 0.29) is 12.6 Å². The summed E-state index contributed by atoms with van der Waals surface area (Å²) in [7, 11) is 2.11. The molecule has 0 fully saturated rings. The molecule has 4 rings (SSSR count). The van der Waals surface area contributed by atoms with E-state index in [1.165, 1.54) is 11.3 Å². The molecule has 0 saturated carbocycles. The Kier molecular flexibility index (Phi) is 3.50. The van der Waals surface area contributed by atoms with Crippen molar-refractivity contribution >= 4 is 16.7 Å². The van der Waals surface area contributed by atoms with Gasteiger partial charge in [0.2, 0.25) is 0 Å². The summed E-state index contributed by atoms with van der Waals surface area (Å²) in [6.07, 6.45) is 0.748. The molecule has 118 valence electrons. The van der Waals surface area contributed by atoms with Crippen molar-refractivity contribution in [1.29, 1.82) is 0 Å². The third-order valence-electron chi connectivity index (χ3n) is 4.76. The third-order valence-corrected chi connectivity index (χ3v) is 4.76. The van der Waals surface area contributed by atoms with Crippen molar-refractivity contribution in [3.05, 3.63) is 54.1 Å². The largest absolute Gasteiger partial charge is 0.396 e. The van der Waals surface area contributed by atoms with E-state index in [0.29, 0.717) is 5.92 Å². The second kappa shape index (κ2) is 5.66. The molecule has 0 radical (unpaired) electrons. The molecular formula is C18H20N4O. The first-order valence-corrected chi connectivity index (χ1v) is 8.00. The van der Waals surface area contributed by atoms with Gasteiger partial charge in [-0.1, -0.05) is 35.5 Å². The molecule has 1 N–H and O–H groups in total. The second-order valence-corrected chi connectivity index (χ2v) is 6.18. The monoisotopic (exact) mass is 308 g/mol. The molecule has 3 aromatic rings. The van der Waals surface area contributed by atoms with Crippen molar-refractivity contribution in [2.75, 3.05) is 25.1 Å². The molecule has 0 amide bonds. The zero-order valence-corrected chi connectivity index (χ0v) is 13.1. The van der Waals surface area contributed by atoms with Crippen molar-refractivity contribution < 1.29 is 5.11 Å². The van der Waals surface area contributed by atoms with Gasteiger partial charge in [-0.25, -0.2) is 4.68 Å². The number of rotatable bonds is 3. The van der Waals surface area contributed by atoms with Crippen LogP contribution in [0.4, 0.5) is 5.69 Å². The Morgan fingerprint density at radius 3 is 2.78 bits per heavy atom. The predicted octanol–water partition coefficient (Wildman–Crippen LogP) is 2.47. The molecule has 1 aliphatic rings. The fourth-order valence-electron chi connectivity index (χ4n) is 3.73. The fourth-order valence-corrected chi connectivity index (χ4v) is 3.73. The zero-order valence-electron chi connectivity index (χ0n) is 13.1. The average molecular weight is 308 g/mol. The Bertz CT molecular complexity index is 829. The molecular weight excluding hydrogens is 288 g/mol. The van der Waals surface area contributed by atoms with Crippen LogP contribution in [-0.4, -0.2) is 40.3 Å². The lowest BCUT2D eigenvalue weighted by Gasteiger charge is -2.39. The normalized spacial score (nSPS) is 20.7. The van der Waals surface area contributed by atoms with Gasteiger partial charge in [0.25, 0.3) is 0 Å². The van der Waals surface area contributed by atoms with Crippen LogP contribution >= 0.6 is 0 Å². The van der Waals surface area contributed by atoms with Crippen LogP contribution < -0.4 is 4.90 Å². The minimum absolute atomic E-state index is 0.0990. The van der Waals surface area contributed by atoms with Crippen LogP contribution in [-0.2, 0) is 0 Å². The second-order valence-electron chi connectivity index (χ2n) is 6.18. The van der Waals surface area contributed by atoms with Crippen LogP contribution in [0.2, 0.25) is 0 Å². The number of aliphatic hydroxyl groups excluding tert-OH is 1. The van der Waals surface area contributed by atoms with Crippen LogP contribution in [0.1, 0.15) is 18.0 Å². The standard InChI is InChI=1S/C18H20N4O/c1-21-12-13(10-11-23)18(14-6-2-4-8-16(14)21)22-17-9-5-3-7-15(17)19-20-22/h2-9,13,18,23H,10-12H2,1H3/t13-,18+/m0/s1. The molecule has 2 aromatic carbocycles. The summed E-state index contributed by atoms with van der Waals surface area (Å²) in [5, 5.41) is 18.3. The fraction of sp³-hybridized carbons (Fsp3) is 0.333. The number of para-hydroxylation sites is 2. The van der Waals surface area contributed by atoms with Gasteiger partial charge in [0, 0.05) is 37.4 Å². The molecule has 0 spiro atoms. The summed E-state index contributed by atoms with van der Waals surface area (Å²) in [6, 6.07) is 16.6. The lowest BCUT2D eigenvalue weighted by molar-refractivity contribution is 0.226. The average Bonchev–Trinajstić information content (AvgIpc) is 2.99. The first-order valence-electron chi connectivity index (χ1n) is 8.00. The number of fused-ring (bicyclic) bond motifs is 2. The maximum absolute atomic E-state index is 9.52. The quantitative estimate of drug-likeness (QED) is 0.807. The van der Waals surface area contributed by atoms with Gasteiger partial charge in [-0.2, -0.15) is 0 Å². The summed E-state index contributed by atoms with van der Waals surface area (Å²) in [4.78, 5) is 2.27. The molecule has 2 heterocycles. The minimum atomic E-state index is 0.0990. The molecule has 0 unspecified atom stereocenters. The molecule has 1 aromatic heterocycles. The highest BCUT2D eigenvalue weighted by Gasteiger charge is 2.34. The Morgan fingerprint density at radius 1 is 1.13 bits per heavy atom. The number of benzene rings is 2. The van der Waals surface area contributed by atoms with E-state index in [9.17, 15) is 5.11 Å². The highest BCUT2D eigenvalue weighted by atomic mass is 16.3. The van der Waals surface area contributed by atoms with E-state index >= 15 is 0 Å². The summed E-state index contributed by atoms with van der Waals surface area (Å²) < 4.78 is 2.03. The Morgan fingerprint density at radius 2 is 1.91 bits per heavy atom. The Labute approximate surface area is 135 Å². The number of hydrogen-bond acceptors (Lipinski definition) is 4. The van der Waals surface area contributed by atoms with Gasteiger partial charge in [-0.3, -0.25) is 0 Å². The van der Waals surface area contributed by atoms with Crippen LogP contribution in [0.25, 0.3) is 11.0 Å². The van der Waals surface area contributed by atoms with E-state index in [0.717, 1.165) is 24.0 Å². The Hall–Kier alpha value is -2.40. The van der Waals surface area contributed by atoms with E-state index in [1.54, 1.807) is 0 Å². The maximum atomic E-state index is 9.52. The summed E-state index contributed by atoms with van der Waals surface area (Å²) >= 11 is 0. The number of anilines is 1. The van der Waals surface area contributed by atoms with Crippen molar-refractivity contribution in [3.63, 3.8) is 0 Å². The van der Waals surface area contributed by atoms with Crippen molar-refractivity contribution in [1.82, 2.24) is 15.0 Å². The van der Waals surface area contributed by atoms with Gasteiger partial charge in [-0.15, -0.1) is 5.10 Å². The third kappa shape index (κ3) is 2.28. The summed E-state index contributed by atoms with van der Waals surface area (Å²) in [5.74, 6) is 0.296. The molecule has 2 atom stereocenters. The van der Waals surface area contributed by atoms with Gasteiger partial charge in [-0.05, 0) is 24.6 Å². The SMILES string of the molecule is CN1C[C@H](CCO)[C@@H](n2nnc3ccccc32)c2ccccc21. The molecule has 0 bridgehead atoms. The summed E-state index contributed by atoms with van der Waals surface area (Å²) in [6.45, 7) is 1.08. The highest BCUT2D eigenvalue weighted by molar-refractivity contribution is 5.74. The van der Waals surface area contributed by atoms with E-state index in [1.807, 2.05) is 22.9 Å². The number of aliphatic hydroxyl groups is 1. The Balaban J connectivity index is 1.90. The zero-order chi connectivity index (χ0) is 15.8. The van der Waals surface area contributed by atoms with E-state index in [4.69, 9.17) is 0 Å². The van der Waals surface area contributed by atoms with Crippen molar-refractivity contribution in [3.8, 4) is 0 Å². The van der Waals surface area contributed by atoms with Crippen LogP contribution in [0, 0.1) is 5.92 Å². The number of hydrogen-bond donors (Lipinski definition) is 1.